The van der Waals surface area contributed by atoms with Crippen LogP contribution in [-0.2, 0) is 18.1 Å². The van der Waals surface area contributed by atoms with Gasteiger partial charge in [0.2, 0.25) is 0 Å². The summed E-state index contributed by atoms with van der Waals surface area (Å²) in [6.07, 6.45) is 2.69. The van der Waals surface area contributed by atoms with Crippen LogP contribution < -0.4 is 0 Å². The number of nitrogens with zero attached hydrogens (tertiary/aromatic N) is 2. The summed E-state index contributed by atoms with van der Waals surface area (Å²) >= 11 is 4.75. The molecule has 0 amide bonds. The molecule has 0 aliphatic carbocycles. The van der Waals surface area contributed by atoms with Gasteiger partial charge in [0, 0.05) is 0 Å². The van der Waals surface area contributed by atoms with Crippen LogP contribution in [0.15, 0.2) is 40.1 Å². The smallest absolute Gasteiger partial charge is 0.171 e. The van der Waals surface area contributed by atoms with Gasteiger partial charge in [-0.2, -0.15) is 0 Å². The van der Waals surface area contributed by atoms with Crippen LogP contribution in [0.25, 0.3) is 0 Å². The lowest BCUT2D eigenvalue weighted by Gasteiger charge is -2.09. The second-order valence-corrected chi connectivity index (χ2v) is 5.31. The fraction of sp³-hybridized carbons (Fsp3) is 0.231. The van der Waals surface area contributed by atoms with Crippen molar-refractivity contribution in [2.45, 2.75) is 18.5 Å². The second-order valence-electron chi connectivity index (χ2n) is 3.78. The zero-order valence-electron chi connectivity index (χ0n) is 10.4. The van der Waals surface area contributed by atoms with Crippen LogP contribution in [-0.4, -0.2) is 22.1 Å². The third-order valence-corrected chi connectivity index (χ3v) is 3.81. The van der Waals surface area contributed by atoms with Crippen molar-refractivity contribution in [2.75, 3.05) is 6.26 Å². The molecule has 4 nitrogen and oxygen atoms in total. The Morgan fingerprint density at radius 2 is 2.16 bits per heavy atom. The van der Waals surface area contributed by atoms with Gasteiger partial charge in [0.25, 0.3) is 0 Å². The summed E-state index contributed by atoms with van der Waals surface area (Å²) in [5.74, 6) is 0. The highest BCUT2D eigenvalue weighted by Crippen LogP contribution is 2.22. The van der Waals surface area contributed by atoms with Crippen LogP contribution in [0.5, 0.6) is 0 Å². The van der Waals surface area contributed by atoms with E-state index in [-0.39, 0.29) is 0 Å². The fourth-order valence-corrected chi connectivity index (χ4v) is 2.78. The van der Waals surface area contributed by atoms with E-state index in [0.29, 0.717) is 23.6 Å². The largest absolute Gasteiger partial charge is 0.356 e. The molecule has 0 unspecified atom stereocenters. The van der Waals surface area contributed by atoms with Crippen molar-refractivity contribution < 1.29 is 9.53 Å². The maximum atomic E-state index is 11.1. The van der Waals surface area contributed by atoms with Crippen LogP contribution in [0, 0.1) is 0 Å². The summed E-state index contributed by atoms with van der Waals surface area (Å²) in [6.45, 7) is 0.806. The summed E-state index contributed by atoms with van der Waals surface area (Å²) in [5, 5.41) is 0.752. The summed E-state index contributed by atoms with van der Waals surface area (Å²) in [6, 6.07) is 9.90. The lowest BCUT2D eigenvalue weighted by Crippen LogP contribution is -2.07. The minimum Gasteiger partial charge on any atom is -0.356 e. The van der Waals surface area contributed by atoms with E-state index in [2.05, 4.69) is 20.9 Å². The molecule has 1 heterocycles. The van der Waals surface area contributed by atoms with E-state index in [1.807, 2.05) is 36.6 Å². The number of imidazole rings is 1. The molecule has 2 aromatic rings. The van der Waals surface area contributed by atoms with Gasteiger partial charge in [0.1, 0.15) is 17.0 Å². The maximum absolute atomic E-state index is 11.1. The van der Waals surface area contributed by atoms with Crippen molar-refractivity contribution in [1.29, 1.82) is 0 Å². The Bertz CT molecular complexity index is 557. The molecule has 0 fully saturated rings. The molecule has 19 heavy (non-hydrogen) atoms. The minimum absolute atomic E-state index is 0.303. The van der Waals surface area contributed by atoms with E-state index in [9.17, 15) is 4.79 Å². The number of carbonyl (C=O) groups excluding carboxylic acids is 1. The van der Waals surface area contributed by atoms with Gasteiger partial charge in [0.05, 0.1) is 6.61 Å². The minimum atomic E-state index is 0.303. The number of carbonyl (C=O) groups is 1. The summed E-state index contributed by atoms with van der Waals surface area (Å²) < 4.78 is 7.94. The molecule has 0 spiro atoms. The van der Waals surface area contributed by atoms with Gasteiger partial charge in [-0.25, -0.2) is 4.98 Å². The van der Waals surface area contributed by atoms with E-state index in [1.165, 1.54) is 11.8 Å². The topological polar surface area (TPSA) is 44.1 Å². The van der Waals surface area contributed by atoms with E-state index in [4.69, 9.17) is 4.74 Å². The normalized spacial score (nSPS) is 10.6. The third-order valence-electron chi connectivity index (χ3n) is 2.55. The highest BCUT2D eigenvalue weighted by molar-refractivity contribution is 9.10. The zero-order chi connectivity index (χ0) is 13.7. The molecule has 0 radical (unpaired) electrons. The number of aldehydes is 1. The lowest BCUT2D eigenvalue weighted by molar-refractivity contribution is 0.0568. The predicted molar refractivity (Wildman–Crippen MR) is 78.3 cm³/mol. The average molecular weight is 341 g/mol. The number of hydrogen-bond donors (Lipinski definition) is 0. The number of aromatic nitrogens is 2. The summed E-state index contributed by atoms with van der Waals surface area (Å²) in [7, 11) is 0. The molecule has 6 heteroatoms. The molecule has 1 aromatic heterocycles. The van der Waals surface area contributed by atoms with E-state index in [0.717, 1.165) is 17.0 Å². The highest BCUT2D eigenvalue weighted by atomic mass is 79.9. The van der Waals surface area contributed by atoms with Crippen LogP contribution >= 0.6 is 27.7 Å². The number of thioether (sulfide) groups is 1. The Morgan fingerprint density at radius 1 is 1.42 bits per heavy atom. The SMILES string of the molecule is CSc1nc(Br)c(C=O)n1COCc1ccccc1. The lowest BCUT2D eigenvalue weighted by atomic mass is 10.2. The first-order chi connectivity index (χ1) is 9.26. The molecule has 1 aromatic carbocycles. The van der Waals surface area contributed by atoms with Gasteiger partial charge in [-0.1, -0.05) is 42.1 Å². The van der Waals surface area contributed by atoms with Gasteiger partial charge in [-0.05, 0) is 27.7 Å². The molecular weight excluding hydrogens is 328 g/mol. The van der Waals surface area contributed by atoms with Crippen molar-refractivity contribution in [1.82, 2.24) is 9.55 Å². The van der Waals surface area contributed by atoms with E-state index >= 15 is 0 Å². The number of rotatable bonds is 6. The molecule has 2 rings (SSSR count). The molecule has 0 saturated heterocycles. The van der Waals surface area contributed by atoms with Crippen LogP contribution in [0.1, 0.15) is 16.1 Å². The molecular formula is C13H13BrN2O2S. The van der Waals surface area contributed by atoms with Gasteiger partial charge < -0.3 is 4.74 Å². The van der Waals surface area contributed by atoms with Crippen molar-refractivity contribution >= 4 is 34.0 Å². The maximum Gasteiger partial charge on any atom is 0.171 e. The molecule has 0 N–H and O–H groups in total. The van der Waals surface area contributed by atoms with Crippen LogP contribution in [0.3, 0.4) is 0 Å². The Labute approximate surface area is 124 Å². The molecule has 0 aliphatic rings. The first-order valence-electron chi connectivity index (χ1n) is 5.63. The monoisotopic (exact) mass is 340 g/mol. The van der Waals surface area contributed by atoms with Gasteiger partial charge in [0.15, 0.2) is 11.4 Å². The zero-order valence-corrected chi connectivity index (χ0v) is 12.8. The Morgan fingerprint density at radius 3 is 2.79 bits per heavy atom. The number of hydrogen-bond acceptors (Lipinski definition) is 4. The highest BCUT2D eigenvalue weighted by Gasteiger charge is 2.14. The second kappa shape index (κ2) is 6.88. The predicted octanol–water partition coefficient (Wildman–Crippen LogP) is 3.35. The third kappa shape index (κ3) is 3.46. The fourth-order valence-electron chi connectivity index (χ4n) is 1.64. The van der Waals surface area contributed by atoms with Gasteiger partial charge >= 0.3 is 0 Å². The van der Waals surface area contributed by atoms with E-state index < -0.39 is 0 Å². The number of halogens is 1. The average Bonchev–Trinajstić information content (AvgIpc) is 2.75. The molecule has 0 bridgehead atoms. The van der Waals surface area contributed by atoms with Crippen molar-refractivity contribution in [3.05, 3.63) is 46.2 Å². The summed E-state index contributed by atoms with van der Waals surface area (Å²) in [4.78, 5) is 15.3. The molecule has 0 aliphatic heterocycles. The number of ether oxygens (including phenoxy) is 1. The molecule has 0 atom stereocenters. The van der Waals surface area contributed by atoms with E-state index in [1.54, 1.807) is 4.57 Å². The quantitative estimate of drug-likeness (QED) is 0.597. The molecule has 100 valence electrons. The first kappa shape index (κ1) is 14.3. The number of benzene rings is 1. The van der Waals surface area contributed by atoms with Crippen LogP contribution in [0.2, 0.25) is 0 Å². The molecule has 0 saturated carbocycles. The van der Waals surface area contributed by atoms with Gasteiger partial charge in [-0.3, -0.25) is 9.36 Å². The van der Waals surface area contributed by atoms with Crippen LogP contribution in [0.4, 0.5) is 0 Å². The summed E-state index contributed by atoms with van der Waals surface area (Å²) in [5.41, 5.74) is 1.59. The first-order valence-corrected chi connectivity index (χ1v) is 7.65. The Hall–Kier alpha value is -1.11. The van der Waals surface area contributed by atoms with Crippen molar-refractivity contribution in [3.63, 3.8) is 0 Å². The Balaban J connectivity index is 2.05. The Kier molecular flexibility index (Phi) is 5.18. The van der Waals surface area contributed by atoms with Gasteiger partial charge in [-0.15, -0.1) is 0 Å². The van der Waals surface area contributed by atoms with Crippen molar-refractivity contribution in [3.8, 4) is 0 Å². The van der Waals surface area contributed by atoms with Crippen molar-refractivity contribution in [2.24, 2.45) is 0 Å². The standard InChI is InChI=1S/C13H13BrN2O2S/c1-19-13-15-12(14)11(7-17)16(13)9-18-8-10-5-3-2-4-6-10/h2-7H,8-9H2,1H3.